The van der Waals surface area contributed by atoms with Crippen LogP contribution >= 0.6 is 0 Å². The summed E-state index contributed by atoms with van der Waals surface area (Å²) in [5.74, 6) is -0.218. The molecule has 1 aliphatic rings. The second kappa shape index (κ2) is 13.1. The molecule has 0 radical (unpaired) electrons. The van der Waals surface area contributed by atoms with E-state index >= 15 is 0 Å². The maximum Gasteiger partial charge on any atom is 0.431 e. The van der Waals surface area contributed by atoms with E-state index in [4.69, 9.17) is 4.84 Å². The summed E-state index contributed by atoms with van der Waals surface area (Å²) < 4.78 is 0. The van der Waals surface area contributed by atoms with Gasteiger partial charge in [-0.05, 0) is 41.2 Å². The lowest BCUT2D eigenvalue weighted by atomic mass is 9.95. The maximum atomic E-state index is 13.5. The molecular weight excluding hydrogens is 478 g/mol. The number of nitrogens with zero attached hydrogens (tertiary/aromatic N) is 3. The molecule has 1 saturated heterocycles. The quantitative estimate of drug-likeness (QED) is 0.347. The SMILES string of the molecule is CC(C)C[C@@H](CN(OCc1ccccc1)C(=O)O)C(=O)N1CCN(c2ccc(-c3ccccc3)cc2)CC1. The molecule has 0 bridgehead atoms. The Kier molecular flexibility index (Phi) is 9.38. The topological polar surface area (TPSA) is 73.3 Å². The second-order valence-electron chi connectivity index (χ2n) is 10.2. The molecule has 1 heterocycles. The highest BCUT2D eigenvalue weighted by atomic mass is 16.7. The Morgan fingerprint density at radius 2 is 1.42 bits per heavy atom. The van der Waals surface area contributed by atoms with Crippen LogP contribution in [0.2, 0.25) is 0 Å². The third-order valence-electron chi connectivity index (χ3n) is 6.87. The number of piperazine rings is 1. The average molecular weight is 516 g/mol. The first-order valence-corrected chi connectivity index (χ1v) is 13.3. The van der Waals surface area contributed by atoms with Crippen molar-refractivity contribution < 1.29 is 19.5 Å². The van der Waals surface area contributed by atoms with E-state index in [1.807, 2.05) is 67.3 Å². The largest absolute Gasteiger partial charge is 0.463 e. The first kappa shape index (κ1) is 27.2. The number of carboxylic acid groups (broad SMARTS) is 1. The Bertz CT molecular complexity index is 1160. The van der Waals surface area contributed by atoms with Gasteiger partial charge in [0.2, 0.25) is 5.91 Å². The van der Waals surface area contributed by atoms with Crippen molar-refractivity contribution in [3.05, 3.63) is 90.5 Å². The van der Waals surface area contributed by atoms with Gasteiger partial charge in [0.15, 0.2) is 0 Å². The highest BCUT2D eigenvalue weighted by molar-refractivity contribution is 5.80. The maximum absolute atomic E-state index is 13.5. The number of hydroxylamine groups is 2. The minimum absolute atomic E-state index is 0.00710. The molecule has 7 nitrogen and oxygen atoms in total. The molecule has 0 unspecified atom stereocenters. The molecule has 0 spiro atoms. The van der Waals surface area contributed by atoms with Gasteiger partial charge in [-0.25, -0.2) is 4.79 Å². The zero-order valence-corrected chi connectivity index (χ0v) is 22.2. The van der Waals surface area contributed by atoms with Gasteiger partial charge in [0.25, 0.3) is 0 Å². The number of carbonyl (C=O) groups is 2. The molecule has 7 heteroatoms. The lowest BCUT2D eigenvalue weighted by Crippen LogP contribution is -2.52. The third-order valence-corrected chi connectivity index (χ3v) is 6.87. The fraction of sp³-hybridized carbons (Fsp3) is 0.355. The van der Waals surface area contributed by atoms with Crippen LogP contribution < -0.4 is 4.90 Å². The standard InChI is InChI=1S/C31H37N3O4/c1-24(2)21-28(22-34(31(36)37)38-23-25-9-5-3-6-10-25)30(35)33-19-17-32(18-20-33)29-15-13-27(14-16-29)26-11-7-4-8-12-26/h3-16,24,28H,17-23H2,1-2H3,(H,36,37)/t28-/m0/s1. The monoisotopic (exact) mass is 515 g/mol. The molecule has 1 fully saturated rings. The average Bonchev–Trinajstić information content (AvgIpc) is 2.95. The number of amides is 2. The first-order chi connectivity index (χ1) is 18.4. The van der Waals surface area contributed by atoms with Crippen molar-refractivity contribution in [3.63, 3.8) is 0 Å². The van der Waals surface area contributed by atoms with Crippen molar-refractivity contribution in [1.82, 2.24) is 9.96 Å². The highest BCUT2D eigenvalue weighted by Gasteiger charge is 2.31. The summed E-state index contributed by atoms with van der Waals surface area (Å²) in [5, 5.41) is 10.7. The molecule has 38 heavy (non-hydrogen) atoms. The predicted octanol–water partition coefficient (Wildman–Crippen LogP) is 5.78. The highest BCUT2D eigenvalue weighted by Crippen LogP contribution is 2.25. The molecule has 3 aromatic carbocycles. The minimum Gasteiger partial charge on any atom is -0.463 e. The van der Waals surface area contributed by atoms with Gasteiger partial charge >= 0.3 is 6.09 Å². The van der Waals surface area contributed by atoms with E-state index in [2.05, 4.69) is 41.3 Å². The van der Waals surface area contributed by atoms with Crippen molar-refractivity contribution in [2.75, 3.05) is 37.6 Å². The zero-order valence-electron chi connectivity index (χ0n) is 22.2. The van der Waals surface area contributed by atoms with Crippen LogP contribution in [0.4, 0.5) is 10.5 Å². The van der Waals surface area contributed by atoms with Crippen molar-refractivity contribution in [3.8, 4) is 11.1 Å². The third kappa shape index (κ3) is 7.35. The van der Waals surface area contributed by atoms with Gasteiger partial charge in [0.1, 0.15) is 6.61 Å². The Morgan fingerprint density at radius 1 is 0.842 bits per heavy atom. The number of hydrogen-bond donors (Lipinski definition) is 1. The first-order valence-electron chi connectivity index (χ1n) is 13.3. The van der Waals surface area contributed by atoms with Crippen molar-refractivity contribution in [2.45, 2.75) is 26.9 Å². The van der Waals surface area contributed by atoms with Crippen LogP contribution in [0, 0.1) is 11.8 Å². The summed E-state index contributed by atoms with van der Waals surface area (Å²) in [6.45, 7) is 6.92. The molecule has 1 atom stereocenters. The fourth-order valence-corrected chi connectivity index (χ4v) is 4.87. The lowest BCUT2D eigenvalue weighted by molar-refractivity contribution is -0.159. The van der Waals surface area contributed by atoms with Crippen LogP contribution in [0.5, 0.6) is 0 Å². The summed E-state index contributed by atoms with van der Waals surface area (Å²) in [4.78, 5) is 35.2. The molecule has 1 aliphatic heterocycles. The van der Waals surface area contributed by atoms with Gasteiger partial charge in [-0.3, -0.25) is 9.63 Å². The lowest BCUT2D eigenvalue weighted by Gasteiger charge is -2.38. The van der Waals surface area contributed by atoms with E-state index < -0.39 is 12.0 Å². The summed E-state index contributed by atoms with van der Waals surface area (Å²) in [6.07, 6.45) is -0.593. The summed E-state index contributed by atoms with van der Waals surface area (Å²) in [5.41, 5.74) is 4.38. The Balaban J connectivity index is 1.35. The Labute approximate surface area is 225 Å². The van der Waals surface area contributed by atoms with Crippen LogP contribution in [0.3, 0.4) is 0 Å². The van der Waals surface area contributed by atoms with Crippen LogP contribution in [0.15, 0.2) is 84.9 Å². The van der Waals surface area contributed by atoms with Gasteiger partial charge in [-0.15, -0.1) is 0 Å². The van der Waals surface area contributed by atoms with E-state index in [1.54, 1.807) is 0 Å². The Morgan fingerprint density at radius 3 is 2.00 bits per heavy atom. The zero-order chi connectivity index (χ0) is 26.9. The van der Waals surface area contributed by atoms with E-state index in [0.29, 0.717) is 19.5 Å². The second-order valence-corrected chi connectivity index (χ2v) is 10.2. The predicted molar refractivity (Wildman–Crippen MR) is 150 cm³/mol. The van der Waals surface area contributed by atoms with Crippen molar-refractivity contribution in [1.29, 1.82) is 0 Å². The van der Waals surface area contributed by atoms with Crippen LogP contribution in [0.25, 0.3) is 11.1 Å². The number of rotatable bonds is 10. The number of anilines is 1. The molecule has 2 amide bonds. The minimum atomic E-state index is -1.19. The van der Waals surface area contributed by atoms with Gasteiger partial charge in [0.05, 0.1) is 12.5 Å². The normalized spacial score (nSPS) is 14.4. The Hall–Kier alpha value is -3.84. The molecule has 0 saturated carbocycles. The number of carbonyl (C=O) groups excluding carboxylic acids is 1. The van der Waals surface area contributed by atoms with Crippen LogP contribution in [-0.4, -0.2) is 59.8 Å². The van der Waals surface area contributed by atoms with Gasteiger partial charge in [0, 0.05) is 31.9 Å². The molecule has 4 rings (SSSR count). The van der Waals surface area contributed by atoms with Gasteiger partial charge in [-0.1, -0.05) is 86.6 Å². The van der Waals surface area contributed by atoms with E-state index in [9.17, 15) is 14.7 Å². The van der Waals surface area contributed by atoms with Crippen LogP contribution in [0.1, 0.15) is 25.8 Å². The van der Waals surface area contributed by atoms with Crippen molar-refractivity contribution >= 4 is 17.7 Å². The van der Waals surface area contributed by atoms with E-state index in [1.165, 1.54) is 11.1 Å². The molecule has 3 aromatic rings. The number of benzene rings is 3. The number of hydrogen-bond acceptors (Lipinski definition) is 4. The smallest absolute Gasteiger partial charge is 0.431 e. The molecule has 0 aliphatic carbocycles. The summed E-state index contributed by atoms with van der Waals surface area (Å²) in [6, 6.07) is 28.3. The van der Waals surface area contributed by atoms with Crippen LogP contribution in [-0.2, 0) is 16.2 Å². The van der Waals surface area contributed by atoms with E-state index in [-0.39, 0.29) is 25.0 Å². The molecular formula is C31H37N3O4. The molecule has 1 N–H and O–H groups in total. The van der Waals surface area contributed by atoms with Crippen molar-refractivity contribution in [2.24, 2.45) is 11.8 Å². The summed E-state index contributed by atoms with van der Waals surface area (Å²) >= 11 is 0. The van der Waals surface area contributed by atoms with Gasteiger partial charge < -0.3 is 14.9 Å². The molecule has 200 valence electrons. The fourth-order valence-electron chi connectivity index (χ4n) is 4.87. The summed E-state index contributed by atoms with van der Waals surface area (Å²) in [7, 11) is 0. The van der Waals surface area contributed by atoms with Gasteiger partial charge in [-0.2, -0.15) is 5.06 Å². The van der Waals surface area contributed by atoms with E-state index in [0.717, 1.165) is 29.4 Å². The molecule has 0 aromatic heterocycles.